The topological polar surface area (TPSA) is 123 Å². The van der Waals surface area contributed by atoms with Gasteiger partial charge < -0.3 is 20.1 Å². The average Bonchev–Trinajstić information content (AvgIpc) is 2.98. The van der Waals surface area contributed by atoms with Crippen molar-refractivity contribution < 1.29 is 20.1 Å². The minimum atomic E-state index is -1.28. The minimum absolute atomic E-state index is 0.220. The zero-order valence-electron chi connectivity index (χ0n) is 10.6. The Morgan fingerprint density at radius 3 is 2.65 bits per heavy atom. The van der Waals surface area contributed by atoms with Crippen molar-refractivity contribution in [2.45, 2.75) is 24.5 Å². The third kappa shape index (κ3) is 1.75. The van der Waals surface area contributed by atoms with Crippen LogP contribution in [0.4, 0.5) is 0 Å². The van der Waals surface area contributed by atoms with Crippen molar-refractivity contribution in [1.82, 2.24) is 19.6 Å². The molecule has 2 aromatic heterocycles. The molecule has 0 bridgehead atoms. The Bertz CT molecular complexity index is 696. The molecule has 20 heavy (non-hydrogen) atoms. The second kappa shape index (κ2) is 4.63. The van der Waals surface area contributed by atoms with E-state index in [0.29, 0.717) is 5.39 Å². The molecule has 3 rings (SSSR count). The Morgan fingerprint density at radius 2 is 2.00 bits per heavy atom. The summed E-state index contributed by atoms with van der Waals surface area (Å²) >= 11 is 0. The van der Waals surface area contributed by atoms with Crippen LogP contribution in [0.2, 0.25) is 0 Å². The van der Waals surface area contributed by atoms with Gasteiger partial charge in [0.05, 0.1) is 19.0 Å². The van der Waals surface area contributed by atoms with Crippen LogP contribution in [0.5, 0.6) is 0 Å². The van der Waals surface area contributed by atoms with Crippen LogP contribution in [0.15, 0.2) is 17.2 Å². The fourth-order valence-corrected chi connectivity index (χ4v) is 2.32. The molecule has 0 amide bonds. The van der Waals surface area contributed by atoms with Crippen LogP contribution in [-0.2, 0) is 11.8 Å². The van der Waals surface area contributed by atoms with Gasteiger partial charge in [-0.05, 0) is 0 Å². The van der Waals surface area contributed by atoms with E-state index in [9.17, 15) is 15.0 Å². The van der Waals surface area contributed by atoms with Crippen LogP contribution in [0, 0.1) is 0 Å². The molecule has 1 saturated heterocycles. The Balaban J connectivity index is 2.12. The quantitative estimate of drug-likeness (QED) is 0.568. The van der Waals surface area contributed by atoms with Crippen molar-refractivity contribution in [2.75, 3.05) is 6.61 Å². The summed E-state index contributed by atoms with van der Waals surface area (Å²) in [6.07, 6.45) is -1.57. The van der Waals surface area contributed by atoms with Crippen molar-refractivity contribution >= 4 is 10.9 Å². The normalized spacial score (nSPS) is 30.2. The van der Waals surface area contributed by atoms with Crippen molar-refractivity contribution in [3.05, 3.63) is 22.7 Å². The molecule has 4 atom stereocenters. The monoisotopic (exact) mass is 282 g/mol. The molecule has 9 nitrogen and oxygen atoms in total. The van der Waals surface area contributed by atoms with Gasteiger partial charge in [0.15, 0.2) is 6.23 Å². The van der Waals surface area contributed by atoms with E-state index in [1.807, 2.05) is 0 Å². The summed E-state index contributed by atoms with van der Waals surface area (Å²) in [5.41, 5.74) is -0.171. The molecule has 0 unspecified atom stereocenters. The Kier molecular flexibility index (Phi) is 3.05. The van der Waals surface area contributed by atoms with Gasteiger partial charge in [-0.3, -0.25) is 4.79 Å². The predicted octanol–water partition coefficient (Wildman–Crippen LogP) is -2.26. The summed E-state index contributed by atoms with van der Waals surface area (Å²) in [6, 6.07) is 0. The highest BCUT2D eigenvalue weighted by atomic mass is 16.6. The molecular weight excluding hydrogens is 268 g/mol. The first-order valence-electron chi connectivity index (χ1n) is 6.06. The number of hydrogen-bond acceptors (Lipinski definition) is 7. The van der Waals surface area contributed by atoms with Crippen molar-refractivity contribution in [3.63, 3.8) is 0 Å². The molecule has 3 heterocycles. The Labute approximate surface area is 112 Å². The van der Waals surface area contributed by atoms with Gasteiger partial charge in [-0.25, -0.2) is 9.36 Å². The highest BCUT2D eigenvalue weighted by Gasteiger charge is 2.44. The van der Waals surface area contributed by atoms with Gasteiger partial charge in [-0.1, -0.05) is 0 Å². The molecule has 0 spiro atoms. The maximum absolute atomic E-state index is 12.1. The van der Waals surface area contributed by atoms with Crippen LogP contribution >= 0.6 is 0 Å². The first kappa shape index (κ1) is 13.2. The number of aliphatic hydroxyl groups excluding tert-OH is 3. The fraction of sp³-hybridized carbons (Fsp3) is 0.545. The molecule has 0 radical (unpaired) electrons. The van der Waals surface area contributed by atoms with Crippen molar-refractivity contribution in [3.8, 4) is 0 Å². The summed E-state index contributed by atoms with van der Waals surface area (Å²) in [6.45, 7) is -0.437. The predicted molar refractivity (Wildman–Crippen MR) is 65.8 cm³/mol. The molecule has 3 N–H and O–H groups in total. The minimum Gasteiger partial charge on any atom is -0.394 e. The molecule has 108 valence electrons. The smallest absolute Gasteiger partial charge is 0.292 e. The van der Waals surface area contributed by atoms with E-state index in [2.05, 4.69) is 10.2 Å². The lowest BCUT2D eigenvalue weighted by Crippen LogP contribution is -2.33. The zero-order valence-corrected chi connectivity index (χ0v) is 10.6. The summed E-state index contributed by atoms with van der Waals surface area (Å²) in [4.78, 5) is 12.1. The second-order valence-corrected chi connectivity index (χ2v) is 4.70. The summed E-state index contributed by atoms with van der Waals surface area (Å²) in [5.74, 6) is 0. The molecule has 2 aromatic rings. The third-order valence-electron chi connectivity index (χ3n) is 3.45. The van der Waals surface area contributed by atoms with E-state index in [0.717, 1.165) is 4.68 Å². The molecule has 0 aliphatic carbocycles. The highest BCUT2D eigenvalue weighted by Crippen LogP contribution is 2.30. The maximum Gasteiger partial charge on any atom is 0.292 e. The molecule has 1 aliphatic heterocycles. The number of aliphatic hydroxyl groups is 3. The van der Waals surface area contributed by atoms with E-state index < -0.39 is 36.7 Å². The van der Waals surface area contributed by atoms with E-state index in [-0.39, 0.29) is 5.52 Å². The molecule has 1 fully saturated rings. The molecular formula is C11H14N4O5. The van der Waals surface area contributed by atoms with Gasteiger partial charge in [-0.15, -0.1) is 0 Å². The Morgan fingerprint density at radius 1 is 1.30 bits per heavy atom. The van der Waals surface area contributed by atoms with E-state index >= 15 is 0 Å². The highest BCUT2D eigenvalue weighted by molar-refractivity contribution is 5.76. The van der Waals surface area contributed by atoms with Gasteiger partial charge in [0, 0.05) is 12.4 Å². The number of rotatable bonds is 2. The largest absolute Gasteiger partial charge is 0.394 e. The fourth-order valence-electron chi connectivity index (χ4n) is 2.32. The van der Waals surface area contributed by atoms with E-state index in [1.165, 1.54) is 24.1 Å². The lowest BCUT2D eigenvalue weighted by atomic mass is 10.1. The average molecular weight is 282 g/mol. The number of aromatic nitrogens is 4. The van der Waals surface area contributed by atoms with E-state index in [4.69, 9.17) is 9.84 Å². The first-order chi connectivity index (χ1) is 9.54. The third-order valence-corrected chi connectivity index (χ3v) is 3.45. The maximum atomic E-state index is 12.1. The van der Waals surface area contributed by atoms with Gasteiger partial charge in [0.25, 0.3) is 5.56 Å². The number of aryl methyl sites for hydroxylation is 1. The molecule has 1 aliphatic rings. The van der Waals surface area contributed by atoms with Crippen molar-refractivity contribution in [2.24, 2.45) is 7.05 Å². The van der Waals surface area contributed by atoms with Crippen molar-refractivity contribution in [1.29, 1.82) is 0 Å². The molecule has 0 aromatic carbocycles. The van der Waals surface area contributed by atoms with Crippen LogP contribution in [0.3, 0.4) is 0 Å². The SMILES string of the molecule is Cn1ncc2cnn([C@@H]3O[C@H](CO)[C@@H](O)[C@H]3O)c2c1=O. The van der Waals surface area contributed by atoms with Crippen LogP contribution in [0.25, 0.3) is 10.9 Å². The lowest BCUT2D eigenvalue weighted by Gasteiger charge is -2.15. The number of fused-ring (bicyclic) bond motifs is 1. The summed E-state index contributed by atoms with van der Waals surface area (Å²) in [5, 5.41) is 37.2. The lowest BCUT2D eigenvalue weighted by molar-refractivity contribution is -0.0565. The molecule has 9 heteroatoms. The standard InChI is InChI=1S/C11H14N4O5/c1-14-10(19)7-5(2-12-14)3-13-15(7)11-9(18)8(17)6(4-16)20-11/h2-3,6,8-9,11,16-18H,4H2,1H3/t6-,8-,9-,11-/m1/s1. The molecule has 0 saturated carbocycles. The Hall–Kier alpha value is -1.81. The first-order valence-corrected chi connectivity index (χ1v) is 6.06. The van der Waals surface area contributed by atoms with Gasteiger partial charge >= 0.3 is 0 Å². The van der Waals surface area contributed by atoms with Crippen LogP contribution in [-0.4, -0.2) is 59.8 Å². The summed E-state index contributed by atoms with van der Waals surface area (Å²) < 4.78 is 7.72. The van der Waals surface area contributed by atoms with Gasteiger partial charge in [0.1, 0.15) is 23.8 Å². The van der Waals surface area contributed by atoms with Crippen LogP contribution < -0.4 is 5.56 Å². The van der Waals surface area contributed by atoms with E-state index in [1.54, 1.807) is 0 Å². The zero-order chi connectivity index (χ0) is 14.4. The summed E-state index contributed by atoms with van der Waals surface area (Å²) in [7, 11) is 1.50. The van der Waals surface area contributed by atoms with Gasteiger partial charge in [-0.2, -0.15) is 10.2 Å². The number of ether oxygens (including phenoxy) is 1. The number of hydrogen-bond donors (Lipinski definition) is 3. The number of nitrogens with zero attached hydrogens (tertiary/aromatic N) is 4. The van der Waals surface area contributed by atoms with Gasteiger partial charge in [0.2, 0.25) is 0 Å². The van der Waals surface area contributed by atoms with Crippen LogP contribution in [0.1, 0.15) is 6.23 Å². The second-order valence-electron chi connectivity index (χ2n) is 4.70.